The Kier molecular flexibility index (Phi) is 19.5. The standard InChI is InChI=1S/C14H30N2Si.C10H20N2.CH4.2Li/c1-8-9-12-17-15(13(2,3)4)10-11-16(17)14(5,6)7;1-9(2,3)11-7-8-12-10(4,5)6;;;/h10-11,17H,8-9,12H2,1-7H3;7-8H,1-6H3;1H4;;/q;-2;;2*+1/b;8-7-;;;. The van der Waals surface area contributed by atoms with Crippen molar-refractivity contribution in [1.29, 1.82) is 0 Å². The van der Waals surface area contributed by atoms with Gasteiger partial charge in [0.05, 0.1) is 0 Å². The molecule has 1 rings (SSSR count). The van der Waals surface area contributed by atoms with Crippen LogP contribution in [0.2, 0.25) is 6.04 Å². The van der Waals surface area contributed by atoms with E-state index in [2.05, 4.69) is 122 Å². The predicted molar refractivity (Wildman–Crippen MR) is 141 cm³/mol. The third kappa shape index (κ3) is 17.6. The van der Waals surface area contributed by atoms with Crippen molar-refractivity contribution in [3.8, 4) is 0 Å². The molecule has 0 spiro atoms. The molecule has 0 saturated heterocycles. The molecule has 0 unspecified atom stereocenters. The van der Waals surface area contributed by atoms with Crippen LogP contribution in [-0.2, 0) is 0 Å². The van der Waals surface area contributed by atoms with Crippen LogP contribution in [0.5, 0.6) is 0 Å². The summed E-state index contributed by atoms with van der Waals surface area (Å²) in [5.41, 5.74) is 0.538. The van der Waals surface area contributed by atoms with Gasteiger partial charge in [0, 0.05) is 23.5 Å². The second-order valence-corrected chi connectivity index (χ2v) is 14.6. The fourth-order valence-electron chi connectivity index (χ4n) is 3.00. The summed E-state index contributed by atoms with van der Waals surface area (Å²) in [4.78, 5) is 0. The summed E-state index contributed by atoms with van der Waals surface area (Å²) in [5.74, 6) is 0. The summed E-state index contributed by atoms with van der Waals surface area (Å²) in [5, 5.41) is 8.57. The summed E-state index contributed by atoms with van der Waals surface area (Å²) >= 11 is 0. The maximum Gasteiger partial charge on any atom is 1.00 e. The van der Waals surface area contributed by atoms with Crippen LogP contribution in [0.3, 0.4) is 0 Å². The molecule has 0 radical (unpaired) electrons. The Morgan fingerprint density at radius 3 is 1.22 bits per heavy atom. The third-order valence-corrected chi connectivity index (χ3v) is 8.49. The smallest absolute Gasteiger partial charge is 0.687 e. The Morgan fingerprint density at radius 2 is 1.00 bits per heavy atom. The largest absolute Gasteiger partial charge is 1.00 e. The van der Waals surface area contributed by atoms with Crippen LogP contribution in [0.4, 0.5) is 0 Å². The quantitative estimate of drug-likeness (QED) is 0.599. The van der Waals surface area contributed by atoms with Crippen molar-refractivity contribution in [3.05, 3.63) is 35.4 Å². The molecule has 0 amide bonds. The first-order valence-electron chi connectivity index (χ1n) is 11.2. The molecule has 0 aromatic rings. The number of hydrogen-bond donors (Lipinski definition) is 0. The monoisotopic (exact) mass is 452 g/mol. The van der Waals surface area contributed by atoms with Crippen molar-refractivity contribution in [2.45, 2.75) is 138 Å². The summed E-state index contributed by atoms with van der Waals surface area (Å²) in [7, 11) is -1.02. The Bertz CT molecular complexity index is 482. The van der Waals surface area contributed by atoms with Crippen LogP contribution in [0.15, 0.2) is 24.8 Å². The first kappa shape index (κ1) is 39.3. The average molecular weight is 453 g/mol. The SMILES string of the molecule is C.CC(C)(C)[N-]/C=C\[N-]C(C)(C)C.CCCC[SiH]1N(C(C)(C)C)C=CN1C(C)(C)C.[Li+].[Li+]. The third-order valence-electron chi connectivity index (χ3n) is 4.39. The minimum atomic E-state index is -1.02. The Labute approximate surface area is 228 Å². The molecule has 0 aromatic carbocycles. The molecule has 32 heavy (non-hydrogen) atoms. The second-order valence-electron chi connectivity index (χ2n) is 12.0. The predicted octanol–water partition coefficient (Wildman–Crippen LogP) is 2.14. The zero-order chi connectivity index (χ0) is 23.1. The van der Waals surface area contributed by atoms with E-state index in [-0.39, 0.29) is 67.3 Å². The summed E-state index contributed by atoms with van der Waals surface area (Å²) in [6, 6.07) is 1.39. The van der Waals surface area contributed by atoms with E-state index in [1.54, 1.807) is 12.4 Å². The van der Waals surface area contributed by atoms with E-state index in [1.165, 1.54) is 18.9 Å². The normalized spacial score (nSPS) is 14.8. The molecule has 7 heteroatoms. The van der Waals surface area contributed by atoms with Crippen LogP contribution in [0, 0.1) is 0 Å². The van der Waals surface area contributed by atoms with Crippen molar-refractivity contribution in [3.63, 3.8) is 0 Å². The van der Waals surface area contributed by atoms with Crippen LogP contribution in [0.1, 0.15) is 110 Å². The number of nitrogens with zero attached hydrogens (tertiary/aromatic N) is 4. The molecule has 0 N–H and O–H groups in total. The Balaban J connectivity index is -0.000000236. The van der Waals surface area contributed by atoms with Crippen molar-refractivity contribution >= 4 is 9.12 Å². The van der Waals surface area contributed by atoms with Crippen LogP contribution < -0.4 is 37.7 Å². The van der Waals surface area contributed by atoms with Crippen molar-refractivity contribution in [1.82, 2.24) is 9.13 Å². The van der Waals surface area contributed by atoms with Gasteiger partial charge < -0.3 is 19.8 Å². The molecular weight excluding hydrogens is 398 g/mol. The zero-order valence-electron chi connectivity index (χ0n) is 23.8. The van der Waals surface area contributed by atoms with Gasteiger partial charge in [0.2, 0.25) is 9.12 Å². The van der Waals surface area contributed by atoms with Gasteiger partial charge in [-0.25, -0.2) is 12.4 Å². The molecular formula is C25H54Li2N4Si. The minimum Gasteiger partial charge on any atom is -0.687 e. The molecule has 1 heterocycles. The molecule has 0 saturated carbocycles. The number of hydrogen-bond acceptors (Lipinski definition) is 2. The molecule has 1 aliphatic heterocycles. The van der Waals surface area contributed by atoms with Gasteiger partial charge in [0.25, 0.3) is 0 Å². The van der Waals surface area contributed by atoms with Gasteiger partial charge in [-0.1, -0.05) is 68.7 Å². The van der Waals surface area contributed by atoms with Gasteiger partial charge in [-0.05, 0) is 47.6 Å². The van der Waals surface area contributed by atoms with Gasteiger partial charge in [0.15, 0.2) is 0 Å². The van der Waals surface area contributed by atoms with Gasteiger partial charge in [-0.3, -0.25) is 0 Å². The fourth-order valence-corrected chi connectivity index (χ4v) is 6.93. The maximum absolute atomic E-state index is 4.29. The molecule has 0 bridgehead atoms. The van der Waals surface area contributed by atoms with E-state index in [0.29, 0.717) is 0 Å². The van der Waals surface area contributed by atoms with Gasteiger partial charge in [-0.2, -0.15) is 0 Å². The van der Waals surface area contributed by atoms with Crippen molar-refractivity contribution in [2.75, 3.05) is 0 Å². The van der Waals surface area contributed by atoms with Gasteiger partial charge >= 0.3 is 37.7 Å². The van der Waals surface area contributed by atoms with Crippen molar-refractivity contribution < 1.29 is 37.7 Å². The average Bonchev–Trinajstić information content (AvgIpc) is 2.92. The Hall–Kier alpha value is 0.0917. The zero-order valence-corrected chi connectivity index (χ0v) is 25.0. The van der Waals surface area contributed by atoms with Crippen molar-refractivity contribution in [2.24, 2.45) is 0 Å². The summed E-state index contributed by atoms with van der Waals surface area (Å²) in [6.07, 6.45) is 10.9. The first-order valence-corrected chi connectivity index (χ1v) is 13.1. The van der Waals surface area contributed by atoms with E-state index >= 15 is 0 Å². The summed E-state index contributed by atoms with van der Waals surface area (Å²) in [6.45, 7) is 28.6. The molecule has 0 atom stereocenters. The van der Waals surface area contributed by atoms with Gasteiger partial charge in [-0.15, -0.1) is 11.1 Å². The minimum absolute atomic E-state index is 0. The number of unbranched alkanes of at least 4 members (excludes halogenated alkanes) is 1. The van der Waals surface area contributed by atoms with Gasteiger partial charge in [0.1, 0.15) is 0 Å². The van der Waals surface area contributed by atoms with E-state index in [4.69, 9.17) is 0 Å². The first-order chi connectivity index (χ1) is 12.9. The van der Waals surface area contributed by atoms with Crippen LogP contribution in [0.25, 0.3) is 10.6 Å². The fraction of sp³-hybridized carbons (Fsp3) is 0.840. The molecule has 180 valence electrons. The maximum atomic E-state index is 4.29. The van der Waals surface area contributed by atoms with E-state index in [9.17, 15) is 0 Å². The Morgan fingerprint density at radius 1 is 0.688 bits per heavy atom. The molecule has 1 aliphatic rings. The van der Waals surface area contributed by atoms with E-state index < -0.39 is 9.12 Å². The second kappa shape index (κ2) is 15.9. The molecule has 4 nitrogen and oxygen atoms in total. The topological polar surface area (TPSA) is 34.7 Å². The van der Waals surface area contributed by atoms with E-state index in [1.807, 2.05) is 0 Å². The van der Waals surface area contributed by atoms with Crippen LogP contribution in [-0.4, -0.2) is 40.4 Å². The molecule has 0 fully saturated rings. The van der Waals surface area contributed by atoms with Crippen LogP contribution >= 0.6 is 0 Å². The van der Waals surface area contributed by atoms with E-state index in [0.717, 1.165) is 0 Å². The molecule has 0 aliphatic carbocycles. The summed E-state index contributed by atoms with van der Waals surface area (Å²) < 4.78 is 5.29. The number of rotatable bonds is 5. The molecule has 0 aromatic heterocycles.